The third kappa shape index (κ3) is 3.63. The molecule has 1 heterocycles. The maximum absolute atomic E-state index is 13.7. The lowest BCUT2D eigenvalue weighted by Crippen LogP contribution is -2.24. The van der Waals surface area contributed by atoms with Crippen LogP contribution in [0.1, 0.15) is 16.7 Å². The molecule has 0 saturated carbocycles. The average molecular weight is 310 g/mol. The van der Waals surface area contributed by atoms with Gasteiger partial charge in [0.1, 0.15) is 5.82 Å². The molecule has 2 rings (SSSR count). The highest BCUT2D eigenvalue weighted by molar-refractivity contribution is 7.89. The number of halogens is 1. The molecule has 112 valence electrons. The van der Waals surface area contributed by atoms with E-state index in [1.165, 1.54) is 13.0 Å². The highest BCUT2D eigenvalue weighted by atomic mass is 32.2. The van der Waals surface area contributed by atoms with E-state index in [1.54, 1.807) is 24.5 Å². The summed E-state index contributed by atoms with van der Waals surface area (Å²) in [6, 6.07) is 5.75. The fraction of sp³-hybridized carbons (Fsp3) is 0.214. The molecule has 0 aliphatic rings. The number of benzene rings is 1. The van der Waals surface area contributed by atoms with Gasteiger partial charge in [-0.05, 0) is 42.3 Å². The minimum Gasteiger partial charge on any atom is -0.392 e. The summed E-state index contributed by atoms with van der Waals surface area (Å²) in [6.45, 7) is 1.04. The summed E-state index contributed by atoms with van der Waals surface area (Å²) >= 11 is 0. The summed E-state index contributed by atoms with van der Waals surface area (Å²) in [7, 11) is -3.87. The molecular weight excluding hydrogens is 295 g/mol. The number of hydrogen-bond donors (Lipinski definition) is 2. The molecule has 7 heteroatoms. The number of sulfonamides is 1. The Morgan fingerprint density at radius 3 is 2.52 bits per heavy atom. The Labute approximate surface area is 122 Å². The fourth-order valence-electron chi connectivity index (χ4n) is 1.83. The van der Waals surface area contributed by atoms with Gasteiger partial charge < -0.3 is 5.11 Å². The summed E-state index contributed by atoms with van der Waals surface area (Å²) in [5, 5.41) is 9.06. The second-order valence-corrected chi connectivity index (χ2v) is 6.27. The van der Waals surface area contributed by atoms with Gasteiger partial charge in [0.2, 0.25) is 10.0 Å². The third-order valence-electron chi connectivity index (χ3n) is 3.04. The molecule has 2 N–H and O–H groups in total. The molecule has 1 aromatic heterocycles. The zero-order chi connectivity index (χ0) is 15.5. The van der Waals surface area contributed by atoms with Crippen LogP contribution < -0.4 is 4.72 Å². The van der Waals surface area contributed by atoms with Crippen molar-refractivity contribution in [3.63, 3.8) is 0 Å². The van der Waals surface area contributed by atoms with Gasteiger partial charge in [0.05, 0.1) is 11.5 Å². The molecule has 0 saturated heterocycles. The van der Waals surface area contributed by atoms with Crippen molar-refractivity contribution in [2.75, 3.05) is 0 Å². The largest absolute Gasteiger partial charge is 0.392 e. The van der Waals surface area contributed by atoms with Crippen molar-refractivity contribution in [3.8, 4) is 0 Å². The van der Waals surface area contributed by atoms with Gasteiger partial charge in [-0.1, -0.05) is 0 Å². The van der Waals surface area contributed by atoms with Crippen LogP contribution in [0.4, 0.5) is 4.39 Å². The van der Waals surface area contributed by atoms with Crippen molar-refractivity contribution in [3.05, 3.63) is 59.2 Å². The minimum absolute atomic E-state index is 0.0226. The summed E-state index contributed by atoms with van der Waals surface area (Å²) in [5.41, 5.74) is 0.974. The van der Waals surface area contributed by atoms with Crippen molar-refractivity contribution in [2.45, 2.75) is 25.0 Å². The first-order chi connectivity index (χ1) is 9.94. The van der Waals surface area contributed by atoms with E-state index in [2.05, 4.69) is 9.71 Å². The third-order valence-corrected chi connectivity index (χ3v) is 4.57. The van der Waals surface area contributed by atoms with Crippen molar-refractivity contribution < 1.29 is 17.9 Å². The SMILES string of the molecule is Cc1c(F)cc(CO)cc1S(=O)(=O)NCc1ccncc1. The highest BCUT2D eigenvalue weighted by Crippen LogP contribution is 2.21. The Morgan fingerprint density at radius 2 is 1.90 bits per heavy atom. The van der Waals surface area contributed by atoms with Gasteiger partial charge in [0.15, 0.2) is 0 Å². The molecular formula is C14H15FN2O3S. The fourth-order valence-corrected chi connectivity index (χ4v) is 3.15. The van der Waals surface area contributed by atoms with E-state index in [9.17, 15) is 12.8 Å². The van der Waals surface area contributed by atoms with Crippen molar-refractivity contribution in [1.29, 1.82) is 0 Å². The van der Waals surface area contributed by atoms with Crippen LogP contribution in [0, 0.1) is 12.7 Å². The molecule has 0 aliphatic heterocycles. The molecule has 5 nitrogen and oxygen atoms in total. The Morgan fingerprint density at radius 1 is 1.24 bits per heavy atom. The van der Waals surface area contributed by atoms with Crippen molar-refractivity contribution in [2.24, 2.45) is 0 Å². The molecule has 21 heavy (non-hydrogen) atoms. The number of hydrogen-bond acceptors (Lipinski definition) is 4. The van der Waals surface area contributed by atoms with Crippen molar-refractivity contribution >= 4 is 10.0 Å². The number of nitrogens with one attached hydrogen (secondary N) is 1. The number of aliphatic hydroxyl groups excluding tert-OH is 1. The molecule has 0 radical (unpaired) electrons. The lowest BCUT2D eigenvalue weighted by molar-refractivity contribution is 0.281. The predicted octanol–water partition coefficient (Wildman–Crippen LogP) is 1.50. The second kappa shape index (κ2) is 6.30. The molecule has 0 spiro atoms. The quantitative estimate of drug-likeness (QED) is 0.877. The zero-order valence-electron chi connectivity index (χ0n) is 11.4. The second-order valence-electron chi connectivity index (χ2n) is 4.54. The maximum atomic E-state index is 13.7. The van der Waals surface area contributed by atoms with Crippen LogP contribution in [-0.2, 0) is 23.2 Å². The van der Waals surface area contributed by atoms with Gasteiger partial charge in [-0.2, -0.15) is 0 Å². The van der Waals surface area contributed by atoms with Gasteiger partial charge in [-0.3, -0.25) is 4.98 Å². The molecule has 2 aromatic rings. The molecule has 0 aliphatic carbocycles. The van der Waals surface area contributed by atoms with Gasteiger partial charge in [0.25, 0.3) is 0 Å². The zero-order valence-corrected chi connectivity index (χ0v) is 12.2. The Bertz CT molecular complexity index is 733. The van der Waals surface area contributed by atoms with Crippen molar-refractivity contribution in [1.82, 2.24) is 9.71 Å². The first-order valence-electron chi connectivity index (χ1n) is 6.22. The van der Waals surface area contributed by atoms with E-state index < -0.39 is 22.4 Å². The Kier molecular flexibility index (Phi) is 4.66. The van der Waals surface area contributed by atoms with E-state index in [1.807, 2.05) is 0 Å². The standard InChI is InChI=1S/C14H15FN2O3S/c1-10-13(15)6-12(9-18)7-14(10)21(19,20)17-8-11-2-4-16-5-3-11/h2-7,17-18H,8-9H2,1H3. The lowest BCUT2D eigenvalue weighted by Gasteiger charge is -2.11. The van der Waals surface area contributed by atoms with Crippen LogP contribution in [-0.4, -0.2) is 18.5 Å². The molecule has 0 fully saturated rings. The number of pyridine rings is 1. The predicted molar refractivity (Wildman–Crippen MR) is 75.3 cm³/mol. The smallest absolute Gasteiger partial charge is 0.241 e. The topological polar surface area (TPSA) is 79.3 Å². The summed E-state index contributed by atoms with van der Waals surface area (Å²) in [6.07, 6.45) is 3.11. The normalized spacial score (nSPS) is 11.6. The minimum atomic E-state index is -3.87. The van der Waals surface area contributed by atoms with E-state index >= 15 is 0 Å². The van der Waals surface area contributed by atoms with Crippen LogP contribution in [0.15, 0.2) is 41.6 Å². The van der Waals surface area contributed by atoms with E-state index in [0.717, 1.165) is 11.6 Å². The van der Waals surface area contributed by atoms with Gasteiger partial charge >= 0.3 is 0 Å². The molecule has 1 aromatic carbocycles. The monoisotopic (exact) mass is 310 g/mol. The van der Waals surface area contributed by atoms with Gasteiger partial charge in [-0.25, -0.2) is 17.5 Å². The summed E-state index contributed by atoms with van der Waals surface area (Å²) in [5.74, 6) is -0.661. The van der Waals surface area contributed by atoms with Gasteiger partial charge in [0, 0.05) is 24.5 Å². The number of aromatic nitrogens is 1. The van der Waals surface area contributed by atoms with Crippen LogP contribution in [0.3, 0.4) is 0 Å². The molecule has 0 unspecified atom stereocenters. The first-order valence-corrected chi connectivity index (χ1v) is 7.71. The van der Waals surface area contributed by atoms with E-state index in [4.69, 9.17) is 5.11 Å². The molecule has 0 bridgehead atoms. The molecule has 0 amide bonds. The van der Waals surface area contributed by atoms with Crippen LogP contribution in [0.25, 0.3) is 0 Å². The number of aliphatic hydroxyl groups is 1. The van der Waals surface area contributed by atoms with E-state index in [0.29, 0.717) is 0 Å². The number of rotatable bonds is 5. The Balaban J connectivity index is 2.29. The van der Waals surface area contributed by atoms with E-state index in [-0.39, 0.29) is 22.6 Å². The van der Waals surface area contributed by atoms with Crippen LogP contribution in [0.2, 0.25) is 0 Å². The Hall–Kier alpha value is -1.83. The summed E-state index contributed by atoms with van der Waals surface area (Å²) < 4.78 is 40.7. The molecule has 0 atom stereocenters. The maximum Gasteiger partial charge on any atom is 0.241 e. The first kappa shape index (κ1) is 15.6. The lowest BCUT2D eigenvalue weighted by atomic mass is 10.1. The van der Waals surface area contributed by atoms with Crippen LogP contribution >= 0.6 is 0 Å². The summed E-state index contributed by atoms with van der Waals surface area (Å²) in [4.78, 5) is 3.68. The number of nitrogens with zero attached hydrogens (tertiary/aromatic N) is 1. The van der Waals surface area contributed by atoms with Gasteiger partial charge in [-0.15, -0.1) is 0 Å². The average Bonchev–Trinajstić information content (AvgIpc) is 2.48. The highest BCUT2D eigenvalue weighted by Gasteiger charge is 2.20. The van der Waals surface area contributed by atoms with Crippen LogP contribution in [0.5, 0.6) is 0 Å².